The van der Waals surface area contributed by atoms with Crippen LogP contribution in [-0.2, 0) is 13.0 Å². The second-order valence-electron chi connectivity index (χ2n) is 6.35. The molecule has 8 heteroatoms. The zero-order valence-electron chi connectivity index (χ0n) is 16.1. The zero-order valence-corrected chi connectivity index (χ0v) is 16.8. The molecular weight excluding hydrogens is 396 g/mol. The fraction of sp³-hybridized carbons (Fsp3) is 0.238. The van der Waals surface area contributed by atoms with Crippen LogP contribution in [0.3, 0.4) is 0 Å². The van der Waals surface area contributed by atoms with Crippen LogP contribution in [0.25, 0.3) is 10.9 Å². The standard InChI is InChI=1S/C21H21ClN2O5/c1-3-24-12-19(29-21(26)27)20(25)15-10-17(16(22)11-18(15)24)23-8-7-13-5-4-6-14(9-13)28-2/h4-6,9-12,23H,3,7-8H2,1-2H3,(H,26,27). The highest BCUT2D eigenvalue weighted by molar-refractivity contribution is 6.34. The number of carboxylic acid groups (broad SMARTS) is 1. The highest BCUT2D eigenvalue weighted by atomic mass is 35.5. The van der Waals surface area contributed by atoms with E-state index in [1.54, 1.807) is 23.8 Å². The van der Waals surface area contributed by atoms with Gasteiger partial charge >= 0.3 is 6.16 Å². The Morgan fingerprint density at radius 2 is 2.07 bits per heavy atom. The number of fused-ring (bicyclic) bond motifs is 1. The molecule has 0 amide bonds. The lowest BCUT2D eigenvalue weighted by Crippen LogP contribution is -2.16. The number of benzene rings is 2. The highest BCUT2D eigenvalue weighted by Gasteiger charge is 2.15. The molecular formula is C21H21ClN2O5. The van der Waals surface area contributed by atoms with Gasteiger partial charge in [0.15, 0.2) is 5.75 Å². The van der Waals surface area contributed by atoms with Crippen LogP contribution in [0.5, 0.6) is 11.5 Å². The molecule has 29 heavy (non-hydrogen) atoms. The topological polar surface area (TPSA) is 89.8 Å². The van der Waals surface area contributed by atoms with Crippen LogP contribution >= 0.6 is 11.6 Å². The maximum absolute atomic E-state index is 12.7. The second kappa shape index (κ2) is 8.87. The fourth-order valence-corrected chi connectivity index (χ4v) is 3.34. The SMILES string of the molecule is CCn1cc(OC(=O)O)c(=O)c2cc(NCCc3cccc(OC)c3)c(Cl)cc21. The first kappa shape index (κ1) is 20.5. The quantitative estimate of drug-likeness (QED) is 0.555. The Hall–Kier alpha value is -3.19. The second-order valence-corrected chi connectivity index (χ2v) is 6.76. The first-order chi connectivity index (χ1) is 13.9. The number of nitrogens with one attached hydrogen (secondary N) is 1. The molecule has 0 radical (unpaired) electrons. The highest BCUT2D eigenvalue weighted by Crippen LogP contribution is 2.28. The van der Waals surface area contributed by atoms with Crippen molar-refractivity contribution in [2.24, 2.45) is 0 Å². The molecule has 0 aliphatic carbocycles. The molecule has 2 N–H and O–H groups in total. The molecule has 0 spiro atoms. The number of anilines is 1. The van der Waals surface area contributed by atoms with E-state index in [4.69, 9.17) is 21.4 Å². The minimum atomic E-state index is -1.53. The molecule has 7 nitrogen and oxygen atoms in total. The number of hydrogen-bond acceptors (Lipinski definition) is 5. The molecule has 3 aromatic rings. The van der Waals surface area contributed by atoms with Crippen molar-refractivity contribution < 1.29 is 19.4 Å². The normalized spacial score (nSPS) is 10.7. The third-order valence-corrected chi connectivity index (χ3v) is 4.85. The zero-order chi connectivity index (χ0) is 21.0. The van der Waals surface area contributed by atoms with Gasteiger partial charge in [0, 0.05) is 13.1 Å². The lowest BCUT2D eigenvalue weighted by molar-refractivity contribution is 0.144. The first-order valence-electron chi connectivity index (χ1n) is 9.07. The summed E-state index contributed by atoms with van der Waals surface area (Å²) in [6.45, 7) is 2.99. The van der Waals surface area contributed by atoms with Gasteiger partial charge in [-0.3, -0.25) is 4.79 Å². The predicted molar refractivity (Wildman–Crippen MR) is 113 cm³/mol. The summed E-state index contributed by atoms with van der Waals surface area (Å²) in [4.78, 5) is 23.6. The lowest BCUT2D eigenvalue weighted by Gasteiger charge is -2.14. The number of hydrogen-bond donors (Lipinski definition) is 2. The molecule has 0 unspecified atom stereocenters. The summed E-state index contributed by atoms with van der Waals surface area (Å²) in [6.07, 6.45) is 0.576. The Bertz CT molecular complexity index is 1110. The van der Waals surface area contributed by atoms with Crippen LogP contribution in [0.2, 0.25) is 5.02 Å². The number of methoxy groups -OCH3 is 1. The largest absolute Gasteiger partial charge is 0.511 e. The van der Waals surface area contributed by atoms with Crippen LogP contribution in [0.4, 0.5) is 10.5 Å². The average molecular weight is 417 g/mol. The number of aryl methyl sites for hydroxylation is 1. The Kier molecular flexibility index (Phi) is 6.29. The lowest BCUT2D eigenvalue weighted by atomic mass is 10.1. The molecule has 152 valence electrons. The van der Waals surface area contributed by atoms with Crippen molar-refractivity contribution in [3.63, 3.8) is 0 Å². The van der Waals surface area contributed by atoms with Crippen molar-refractivity contribution in [1.82, 2.24) is 4.57 Å². The molecule has 0 aliphatic rings. The number of halogens is 1. The Morgan fingerprint density at radius 3 is 2.76 bits per heavy atom. The van der Waals surface area contributed by atoms with Crippen molar-refractivity contribution >= 4 is 34.3 Å². The number of carbonyl (C=O) groups is 1. The molecule has 0 saturated carbocycles. The van der Waals surface area contributed by atoms with Crippen molar-refractivity contribution in [2.45, 2.75) is 19.9 Å². The van der Waals surface area contributed by atoms with Gasteiger partial charge in [-0.25, -0.2) is 4.79 Å². The van der Waals surface area contributed by atoms with E-state index in [1.807, 2.05) is 31.2 Å². The molecule has 0 fully saturated rings. The summed E-state index contributed by atoms with van der Waals surface area (Å²) in [6, 6.07) is 11.1. The van der Waals surface area contributed by atoms with E-state index in [0.29, 0.717) is 34.7 Å². The van der Waals surface area contributed by atoms with Gasteiger partial charge in [-0.05, 0) is 43.2 Å². The Labute approximate surface area is 172 Å². The van der Waals surface area contributed by atoms with E-state index < -0.39 is 11.6 Å². The third-order valence-electron chi connectivity index (χ3n) is 4.54. The minimum absolute atomic E-state index is 0.239. The summed E-state index contributed by atoms with van der Waals surface area (Å²) < 4.78 is 11.6. The van der Waals surface area contributed by atoms with Crippen molar-refractivity contribution in [3.05, 3.63) is 63.4 Å². The van der Waals surface area contributed by atoms with Crippen LogP contribution in [0.1, 0.15) is 12.5 Å². The molecule has 0 aliphatic heterocycles. The molecule has 0 saturated heterocycles. The smallest absolute Gasteiger partial charge is 0.497 e. The first-order valence-corrected chi connectivity index (χ1v) is 9.45. The molecule has 0 bridgehead atoms. The van der Waals surface area contributed by atoms with Crippen LogP contribution in [0.15, 0.2) is 47.4 Å². The van der Waals surface area contributed by atoms with Gasteiger partial charge in [-0.2, -0.15) is 0 Å². The van der Waals surface area contributed by atoms with E-state index in [1.165, 1.54) is 6.20 Å². The Morgan fingerprint density at radius 1 is 1.28 bits per heavy atom. The van der Waals surface area contributed by atoms with Gasteiger partial charge < -0.3 is 24.5 Å². The maximum atomic E-state index is 12.7. The van der Waals surface area contributed by atoms with Gasteiger partial charge in [0.2, 0.25) is 5.43 Å². The van der Waals surface area contributed by atoms with E-state index >= 15 is 0 Å². The molecule has 2 aromatic carbocycles. The van der Waals surface area contributed by atoms with Crippen LogP contribution in [-0.4, -0.2) is 29.5 Å². The summed E-state index contributed by atoms with van der Waals surface area (Å²) >= 11 is 6.41. The van der Waals surface area contributed by atoms with Crippen LogP contribution < -0.4 is 20.2 Å². The summed E-state index contributed by atoms with van der Waals surface area (Å²) in [5, 5.41) is 12.9. The van der Waals surface area contributed by atoms with Gasteiger partial charge in [-0.1, -0.05) is 23.7 Å². The molecule has 1 heterocycles. The number of nitrogens with zero attached hydrogens (tertiary/aromatic N) is 1. The summed E-state index contributed by atoms with van der Waals surface area (Å²) in [7, 11) is 1.62. The Balaban J connectivity index is 1.89. The van der Waals surface area contributed by atoms with Gasteiger partial charge in [0.25, 0.3) is 0 Å². The number of aromatic nitrogens is 1. The summed E-state index contributed by atoms with van der Waals surface area (Å²) in [5.74, 6) is 0.550. The maximum Gasteiger partial charge on any atom is 0.511 e. The monoisotopic (exact) mass is 416 g/mol. The third kappa shape index (κ3) is 4.63. The van der Waals surface area contributed by atoms with Gasteiger partial charge in [-0.15, -0.1) is 0 Å². The number of pyridine rings is 1. The van der Waals surface area contributed by atoms with Crippen molar-refractivity contribution in [1.29, 1.82) is 0 Å². The number of rotatable bonds is 7. The molecule has 3 rings (SSSR count). The van der Waals surface area contributed by atoms with Crippen molar-refractivity contribution in [2.75, 3.05) is 19.0 Å². The van der Waals surface area contributed by atoms with Gasteiger partial charge in [0.1, 0.15) is 5.75 Å². The van der Waals surface area contributed by atoms with Gasteiger partial charge in [0.05, 0.1) is 34.9 Å². The number of ether oxygens (including phenoxy) is 2. The van der Waals surface area contributed by atoms with E-state index in [9.17, 15) is 9.59 Å². The van der Waals surface area contributed by atoms with Crippen LogP contribution in [0, 0.1) is 0 Å². The predicted octanol–water partition coefficient (Wildman–Crippen LogP) is 4.39. The van der Waals surface area contributed by atoms with E-state index in [2.05, 4.69) is 10.1 Å². The van der Waals surface area contributed by atoms with Crippen molar-refractivity contribution in [3.8, 4) is 11.5 Å². The average Bonchev–Trinajstić information content (AvgIpc) is 2.70. The van der Waals surface area contributed by atoms with E-state index in [0.717, 1.165) is 17.7 Å². The fourth-order valence-electron chi connectivity index (χ4n) is 3.12. The van der Waals surface area contributed by atoms with E-state index in [-0.39, 0.29) is 5.75 Å². The minimum Gasteiger partial charge on any atom is -0.497 e. The molecule has 0 atom stereocenters. The molecule has 1 aromatic heterocycles. The summed E-state index contributed by atoms with van der Waals surface area (Å²) in [5.41, 5.74) is 1.80.